The highest BCUT2D eigenvalue weighted by atomic mass is 16.5. The van der Waals surface area contributed by atoms with Gasteiger partial charge in [0.25, 0.3) is 5.91 Å². The summed E-state index contributed by atoms with van der Waals surface area (Å²) in [4.78, 5) is 22.4. The maximum absolute atomic E-state index is 11.7. The van der Waals surface area contributed by atoms with Gasteiger partial charge in [0.1, 0.15) is 11.8 Å². The van der Waals surface area contributed by atoms with E-state index in [9.17, 15) is 9.59 Å². The van der Waals surface area contributed by atoms with Gasteiger partial charge >= 0.3 is 5.97 Å². The minimum atomic E-state index is -1.05. The SMILES string of the molecule is CC[C@@H](NC(=O)c1cc(C2CC2)on1)C(=O)O. The van der Waals surface area contributed by atoms with E-state index < -0.39 is 17.9 Å². The molecule has 0 aromatic carbocycles. The summed E-state index contributed by atoms with van der Waals surface area (Å²) in [6.07, 6.45) is 2.44. The molecular formula is C11H14N2O4. The second-order valence-electron chi connectivity index (χ2n) is 4.16. The van der Waals surface area contributed by atoms with Crippen molar-refractivity contribution in [2.24, 2.45) is 0 Å². The van der Waals surface area contributed by atoms with Gasteiger partial charge in [0.2, 0.25) is 0 Å². The van der Waals surface area contributed by atoms with Gasteiger partial charge in [-0.25, -0.2) is 4.79 Å². The second kappa shape index (κ2) is 4.57. The fourth-order valence-corrected chi connectivity index (χ4v) is 1.53. The number of carbonyl (C=O) groups is 2. The normalized spacial score (nSPS) is 16.5. The molecule has 0 aliphatic heterocycles. The quantitative estimate of drug-likeness (QED) is 0.802. The highest BCUT2D eigenvalue weighted by Crippen LogP contribution is 2.40. The summed E-state index contributed by atoms with van der Waals surface area (Å²) in [5.41, 5.74) is 0.145. The molecule has 1 aliphatic carbocycles. The summed E-state index contributed by atoms with van der Waals surface area (Å²) in [5.74, 6) is -0.467. The molecule has 1 aromatic rings. The van der Waals surface area contributed by atoms with E-state index in [1.807, 2.05) is 0 Å². The number of rotatable bonds is 5. The molecule has 0 unspecified atom stereocenters. The lowest BCUT2D eigenvalue weighted by molar-refractivity contribution is -0.139. The minimum absolute atomic E-state index is 0.145. The maximum atomic E-state index is 11.7. The molecule has 2 rings (SSSR count). The summed E-state index contributed by atoms with van der Waals surface area (Å²) in [7, 11) is 0. The number of amides is 1. The maximum Gasteiger partial charge on any atom is 0.326 e. The Morgan fingerprint density at radius 2 is 2.35 bits per heavy atom. The van der Waals surface area contributed by atoms with E-state index in [0.29, 0.717) is 18.1 Å². The zero-order chi connectivity index (χ0) is 12.4. The van der Waals surface area contributed by atoms with Gasteiger partial charge in [-0.05, 0) is 19.3 Å². The van der Waals surface area contributed by atoms with Crippen LogP contribution in [0.15, 0.2) is 10.6 Å². The average molecular weight is 238 g/mol. The molecule has 17 heavy (non-hydrogen) atoms. The summed E-state index contributed by atoms with van der Waals surface area (Å²) >= 11 is 0. The van der Waals surface area contributed by atoms with Gasteiger partial charge in [-0.1, -0.05) is 12.1 Å². The Bertz CT molecular complexity index is 436. The standard InChI is InChI=1S/C11H14N2O4/c1-2-7(11(15)16)12-10(14)8-5-9(17-13-8)6-3-4-6/h5-7H,2-4H2,1H3,(H,12,14)(H,15,16)/t7-/m1/s1. The first kappa shape index (κ1) is 11.6. The van der Waals surface area contributed by atoms with Crippen LogP contribution in [0.25, 0.3) is 0 Å². The molecule has 1 saturated carbocycles. The van der Waals surface area contributed by atoms with E-state index in [0.717, 1.165) is 12.8 Å². The second-order valence-corrected chi connectivity index (χ2v) is 4.16. The Morgan fingerprint density at radius 3 is 2.88 bits per heavy atom. The molecule has 1 fully saturated rings. The summed E-state index contributed by atoms with van der Waals surface area (Å²) in [6, 6.07) is 0.699. The van der Waals surface area contributed by atoms with Gasteiger partial charge in [0.05, 0.1) is 0 Å². The van der Waals surface area contributed by atoms with Crippen LogP contribution in [0.4, 0.5) is 0 Å². The molecule has 0 saturated heterocycles. The number of hydrogen-bond donors (Lipinski definition) is 2. The fraction of sp³-hybridized carbons (Fsp3) is 0.545. The smallest absolute Gasteiger partial charge is 0.326 e. The van der Waals surface area contributed by atoms with E-state index in [4.69, 9.17) is 9.63 Å². The number of nitrogens with zero attached hydrogens (tertiary/aromatic N) is 1. The summed E-state index contributed by atoms with van der Waals surface area (Å²) in [6.45, 7) is 1.69. The lowest BCUT2D eigenvalue weighted by Crippen LogP contribution is -2.40. The van der Waals surface area contributed by atoms with Crippen LogP contribution in [0.1, 0.15) is 48.4 Å². The number of carbonyl (C=O) groups excluding carboxylic acids is 1. The number of nitrogens with one attached hydrogen (secondary N) is 1. The highest BCUT2D eigenvalue weighted by molar-refractivity contribution is 5.94. The Hall–Kier alpha value is -1.85. The van der Waals surface area contributed by atoms with Gasteiger partial charge in [0, 0.05) is 12.0 Å². The van der Waals surface area contributed by atoms with Crippen LogP contribution < -0.4 is 5.32 Å². The average Bonchev–Trinajstić information content (AvgIpc) is 3.03. The number of hydrogen-bond acceptors (Lipinski definition) is 4. The van der Waals surface area contributed by atoms with Crippen LogP contribution in [0.2, 0.25) is 0 Å². The lowest BCUT2D eigenvalue weighted by Gasteiger charge is -2.10. The predicted molar refractivity (Wildman–Crippen MR) is 57.7 cm³/mol. The van der Waals surface area contributed by atoms with E-state index in [1.54, 1.807) is 13.0 Å². The van der Waals surface area contributed by atoms with Gasteiger partial charge in [-0.15, -0.1) is 0 Å². The minimum Gasteiger partial charge on any atom is -0.480 e. The molecule has 92 valence electrons. The molecule has 1 atom stereocenters. The molecule has 1 aliphatic rings. The van der Waals surface area contributed by atoms with Gasteiger partial charge in [-0.3, -0.25) is 4.79 Å². The first-order valence-electron chi connectivity index (χ1n) is 5.62. The van der Waals surface area contributed by atoms with Crippen molar-refractivity contribution >= 4 is 11.9 Å². The Labute approximate surface area is 98.0 Å². The van der Waals surface area contributed by atoms with Gasteiger partial charge < -0.3 is 14.9 Å². The summed E-state index contributed by atoms with van der Waals surface area (Å²) < 4.78 is 5.03. The van der Waals surface area contributed by atoms with Crippen LogP contribution >= 0.6 is 0 Å². The third kappa shape index (κ3) is 2.64. The lowest BCUT2D eigenvalue weighted by atomic mass is 10.2. The van der Waals surface area contributed by atoms with Crippen LogP contribution in [-0.2, 0) is 4.79 Å². The summed E-state index contributed by atoms with van der Waals surface area (Å²) in [5, 5.41) is 14.9. The first-order valence-corrected chi connectivity index (χ1v) is 5.62. The van der Waals surface area contributed by atoms with E-state index >= 15 is 0 Å². The van der Waals surface area contributed by atoms with Crippen molar-refractivity contribution in [3.63, 3.8) is 0 Å². The van der Waals surface area contributed by atoms with Crippen LogP contribution in [-0.4, -0.2) is 28.2 Å². The van der Waals surface area contributed by atoms with Crippen molar-refractivity contribution in [1.29, 1.82) is 0 Å². The van der Waals surface area contributed by atoms with Gasteiger partial charge in [-0.2, -0.15) is 0 Å². The zero-order valence-electron chi connectivity index (χ0n) is 9.47. The Balaban J connectivity index is 2.00. The van der Waals surface area contributed by atoms with E-state index in [1.165, 1.54) is 0 Å². The number of carboxylic acid groups (broad SMARTS) is 1. The van der Waals surface area contributed by atoms with Crippen molar-refractivity contribution in [2.45, 2.75) is 38.1 Å². The highest BCUT2D eigenvalue weighted by Gasteiger charge is 2.29. The molecule has 1 heterocycles. The molecule has 0 bridgehead atoms. The Kier molecular flexibility index (Phi) is 3.12. The molecular weight excluding hydrogens is 224 g/mol. The largest absolute Gasteiger partial charge is 0.480 e. The van der Waals surface area contributed by atoms with Crippen molar-refractivity contribution in [3.05, 3.63) is 17.5 Å². The topological polar surface area (TPSA) is 92.4 Å². The first-order chi connectivity index (χ1) is 8.11. The van der Waals surface area contributed by atoms with Crippen molar-refractivity contribution in [3.8, 4) is 0 Å². The molecule has 0 radical (unpaired) electrons. The number of carboxylic acids is 1. The molecule has 1 aromatic heterocycles. The number of aromatic nitrogens is 1. The molecule has 6 heteroatoms. The van der Waals surface area contributed by atoms with Gasteiger partial charge in [0.15, 0.2) is 5.69 Å². The fourth-order valence-electron chi connectivity index (χ4n) is 1.53. The predicted octanol–water partition coefficient (Wildman–Crippen LogP) is 1.15. The van der Waals surface area contributed by atoms with Crippen LogP contribution in [0.3, 0.4) is 0 Å². The van der Waals surface area contributed by atoms with E-state index in [2.05, 4.69) is 10.5 Å². The van der Waals surface area contributed by atoms with Crippen molar-refractivity contribution < 1.29 is 19.2 Å². The van der Waals surface area contributed by atoms with Crippen LogP contribution in [0.5, 0.6) is 0 Å². The number of aliphatic carboxylic acids is 1. The van der Waals surface area contributed by atoms with Crippen molar-refractivity contribution in [1.82, 2.24) is 10.5 Å². The Morgan fingerprint density at radius 1 is 1.65 bits per heavy atom. The third-order valence-corrected chi connectivity index (χ3v) is 2.75. The van der Waals surface area contributed by atoms with E-state index in [-0.39, 0.29) is 5.69 Å². The van der Waals surface area contributed by atoms with Crippen molar-refractivity contribution in [2.75, 3.05) is 0 Å². The molecule has 2 N–H and O–H groups in total. The van der Waals surface area contributed by atoms with Crippen LogP contribution in [0, 0.1) is 0 Å². The monoisotopic (exact) mass is 238 g/mol. The molecule has 6 nitrogen and oxygen atoms in total. The molecule has 1 amide bonds. The third-order valence-electron chi connectivity index (χ3n) is 2.75. The molecule has 0 spiro atoms. The zero-order valence-corrected chi connectivity index (χ0v) is 9.47.